The van der Waals surface area contributed by atoms with Gasteiger partial charge in [-0.15, -0.1) is 10.2 Å². The molecule has 3 aromatic carbocycles. The molecular weight excluding hydrogens is 534 g/mol. The second kappa shape index (κ2) is 11.9. The number of rotatable bonds is 11. The lowest BCUT2D eigenvalue weighted by molar-refractivity contribution is -0.479. The molecule has 0 saturated heterocycles. The number of aromatic nitrogens is 3. The fraction of sp³-hybridized carbons (Fsp3) is 0.200. The summed E-state index contributed by atoms with van der Waals surface area (Å²) >= 11 is 7.67. The van der Waals surface area contributed by atoms with Gasteiger partial charge in [-0.05, 0) is 54.4 Å². The van der Waals surface area contributed by atoms with Gasteiger partial charge in [0, 0.05) is 22.7 Å². The van der Waals surface area contributed by atoms with Crippen LogP contribution in [0.3, 0.4) is 0 Å². The van der Waals surface area contributed by atoms with E-state index in [1.165, 1.54) is 23.9 Å². The Morgan fingerprint density at radius 1 is 1.05 bits per heavy atom. The average molecular weight is 556 g/mol. The zero-order valence-corrected chi connectivity index (χ0v) is 21.9. The van der Waals surface area contributed by atoms with Crippen molar-refractivity contribution in [1.82, 2.24) is 14.8 Å². The van der Waals surface area contributed by atoms with Crippen molar-refractivity contribution in [2.24, 2.45) is 0 Å². The molecule has 13 heteroatoms. The van der Waals surface area contributed by atoms with Crippen LogP contribution in [0.4, 0.5) is 5.69 Å². The number of hydrogen-bond acceptors (Lipinski definition) is 9. The van der Waals surface area contributed by atoms with Gasteiger partial charge >= 0.3 is 0 Å². The maximum Gasteiger partial charge on any atom is 0.269 e. The number of benzene rings is 3. The summed E-state index contributed by atoms with van der Waals surface area (Å²) in [7, 11) is 1.58. The second-order valence-corrected chi connectivity index (χ2v) is 9.67. The van der Waals surface area contributed by atoms with Gasteiger partial charge in [0.1, 0.15) is 29.2 Å². The lowest BCUT2D eigenvalue weighted by atomic mass is 10.1. The van der Waals surface area contributed by atoms with Gasteiger partial charge in [0.25, 0.3) is 5.69 Å². The Kier molecular flexibility index (Phi) is 8.44. The first-order valence-electron chi connectivity index (χ1n) is 11.3. The normalized spacial score (nSPS) is 11.7. The largest absolute Gasteiger partial charge is 0.497 e. The van der Waals surface area contributed by atoms with E-state index >= 15 is 0 Å². The van der Waals surface area contributed by atoms with E-state index < -0.39 is 10.2 Å². The van der Waals surface area contributed by atoms with Crippen LogP contribution in [0, 0.1) is 27.2 Å². The summed E-state index contributed by atoms with van der Waals surface area (Å²) in [6.07, 6.45) is 0. The number of nitro groups is 2. The van der Waals surface area contributed by atoms with Gasteiger partial charge in [-0.2, -0.15) is 0 Å². The molecule has 0 aliphatic heterocycles. The molecule has 0 N–H and O–H groups in total. The third kappa shape index (κ3) is 6.39. The molecule has 4 aromatic rings. The Hall–Kier alpha value is -4.16. The number of ether oxygens (including phenoxy) is 2. The SMILES string of the molecule is COc1ccc(-n2c(C)nnc2S[C@H](C[N+](=O)[O-])c2ccc(OCc3cccc([N+](=O)[O-])c3)c(Cl)c2)cc1. The monoisotopic (exact) mass is 555 g/mol. The van der Waals surface area contributed by atoms with Gasteiger partial charge in [-0.25, -0.2) is 0 Å². The summed E-state index contributed by atoms with van der Waals surface area (Å²) in [5.41, 5.74) is 1.97. The summed E-state index contributed by atoms with van der Waals surface area (Å²) in [4.78, 5) is 21.7. The van der Waals surface area contributed by atoms with Crippen molar-refractivity contribution >= 4 is 29.1 Å². The summed E-state index contributed by atoms with van der Waals surface area (Å²) < 4.78 is 12.8. The van der Waals surface area contributed by atoms with Crippen molar-refractivity contribution < 1.29 is 19.3 Å². The third-order valence-corrected chi connectivity index (χ3v) is 7.01. The topological polar surface area (TPSA) is 135 Å². The van der Waals surface area contributed by atoms with Gasteiger partial charge in [0.2, 0.25) is 6.54 Å². The Balaban J connectivity index is 1.55. The molecule has 0 bridgehead atoms. The molecule has 0 fully saturated rings. The minimum absolute atomic E-state index is 0.0371. The van der Waals surface area contributed by atoms with E-state index in [1.54, 1.807) is 44.4 Å². The number of hydrogen-bond donors (Lipinski definition) is 0. The minimum Gasteiger partial charge on any atom is -0.497 e. The van der Waals surface area contributed by atoms with E-state index in [0.29, 0.717) is 33.6 Å². The molecule has 0 aliphatic rings. The number of nitro benzene ring substituents is 1. The fourth-order valence-electron chi connectivity index (χ4n) is 3.68. The van der Waals surface area contributed by atoms with Crippen LogP contribution >= 0.6 is 23.4 Å². The van der Waals surface area contributed by atoms with Crippen LogP contribution in [0.5, 0.6) is 11.5 Å². The average Bonchev–Trinajstić information content (AvgIpc) is 3.27. The van der Waals surface area contributed by atoms with Crippen molar-refractivity contribution in [3.8, 4) is 17.2 Å². The van der Waals surface area contributed by atoms with Crippen molar-refractivity contribution in [1.29, 1.82) is 0 Å². The summed E-state index contributed by atoms with van der Waals surface area (Å²) in [5.74, 6) is 1.67. The smallest absolute Gasteiger partial charge is 0.269 e. The Morgan fingerprint density at radius 2 is 1.82 bits per heavy atom. The molecule has 0 saturated carbocycles. The number of thioether (sulfide) groups is 1. The maximum absolute atomic E-state index is 11.5. The molecule has 0 aliphatic carbocycles. The number of methoxy groups -OCH3 is 1. The molecule has 0 unspecified atom stereocenters. The summed E-state index contributed by atoms with van der Waals surface area (Å²) in [6, 6.07) is 18.4. The second-order valence-electron chi connectivity index (χ2n) is 8.09. The molecule has 0 spiro atoms. The zero-order valence-electron chi connectivity index (χ0n) is 20.3. The number of halogens is 1. The van der Waals surface area contributed by atoms with E-state index in [-0.39, 0.29) is 28.8 Å². The zero-order chi connectivity index (χ0) is 27.2. The first-order chi connectivity index (χ1) is 18.2. The van der Waals surface area contributed by atoms with Crippen LogP contribution in [0.15, 0.2) is 71.9 Å². The van der Waals surface area contributed by atoms with Gasteiger partial charge in [-0.3, -0.25) is 24.8 Å². The lowest BCUT2D eigenvalue weighted by Crippen LogP contribution is -2.11. The van der Waals surface area contributed by atoms with Crippen molar-refractivity contribution in [3.05, 3.63) is 109 Å². The first kappa shape index (κ1) is 26.9. The first-order valence-corrected chi connectivity index (χ1v) is 12.5. The highest BCUT2D eigenvalue weighted by atomic mass is 35.5. The lowest BCUT2D eigenvalue weighted by Gasteiger charge is -2.16. The van der Waals surface area contributed by atoms with Crippen LogP contribution in [0.2, 0.25) is 5.02 Å². The Labute approximate surface area is 226 Å². The molecule has 196 valence electrons. The highest BCUT2D eigenvalue weighted by molar-refractivity contribution is 7.99. The van der Waals surface area contributed by atoms with Crippen LogP contribution in [-0.2, 0) is 6.61 Å². The summed E-state index contributed by atoms with van der Waals surface area (Å²) in [6.45, 7) is 1.50. The molecule has 0 amide bonds. The van der Waals surface area contributed by atoms with Crippen LogP contribution in [-0.4, -0.2) is 38.3 Å². The molecule has 4 rings (SSSR count). The van der Waals surface area contributed by atoms with Crippen molar-refractivity contribution in [3.63, 3.8) is 0 Å². The van der Waals surface area contributed by atoms with Crippen LogP contribution < -0.4 is 9.47 Å². The van der Waals surface area contributed by atoms with Gasteiger partial charge in [-0.1, -0.05) is 41.6 Å². The van der Waals surface area contributed by atoms with E-state index in [0.717, 1.165) is 5.69 Å². The van der Waals surface area contributed by atoms with Crippen molar-refractivity contribution in [2.75, 3.05) is 13.7 Å². The minimum atomic E-state index is -0.617. The number of aryl methyl sites for hydroxylation is 1. The predicted octanol–water partition coefficient (Wildman–Crippen LogP) is 5.84. The molecular formula is C25H22ClN5O6S. The standard InChI is InChI=1S/C25H22ClN5O6S/c1-16-27-28-25(30(16)19-7-9-21(36-2)10-8-19)38-24(14-29(32)33)18-6-11-23(22(26)13-18)37-15-17-4-3-5-20(12-17)31(34)35/h3-13,24H,14-15H2,1-2H3/t24-/m1/s1. The highest BCUT2D eigenvalue weighted by Gasteiger charge is 2.25. The van der Waals surface area contributed by atoms with E-state index in [1.807, 2.05) is 28.8 Å². The van der Waals surface area contributed by atoms with Crippen molar-refractivity contribution in [2.45, 2.75) is 23.9 Å². The third-order valence-electron chi connectivity index (χ3n) is 5.53. The summed E-state index contributed by atoms with van der Waals surface area (Å²) in [5, 5.41) is 31.1. The van der Waals surface area contributed by atoms with E-state index in [2.05, 4.69) is 10.2 Å². The Bertz CT molecular complexity index is 1460. The predicted molar refractivity (Wildman–Crippen MR) is 142 cm³/mol. The Morgan fingerprint density at radius 3 is 2.47 bits per heavy atom. The molecule has 11 nitrogen and oxygen atoms in total. The number of non-ortho nitro benzene ring substituents is 1. The quantitative estimate of drug-likeness (QED) is 0.127. The molecule has 1 aromatic heterocycles. The number of nitrogens with zero attached hydrogens (tertiary/aromatic N) is 5. The van der Waals surface area contributed by atoms with Crippen LogP contribution in [0.25, 0.3) is 5.69 Å². The van der Waals surface area contributed by atoms with Gasteiger partial charge in [0.05, 0.1) is 17.1 Å². The van der Waals surface area contributed by atoms with E-state index in [9.17, 15) is 20.2 Å². The molecule has 38 heavy (non-hydrogen) atoms. The van der Waals surface area contributed by atoms with Crippen LogP contribution in [0.1, 0.15) is 22.2 Å². The van der Waals surface area contributed by atoms with Gasteiger partial charge in [0.15, 0.2) is 5.16 Å². The highest BCUT2D eigenvalue weighted by Crippen LogP contribution is 2.39. The molecule has 1 heterocycles. The fourth-order valence-corrected chi connectivity index (χ4v) is 5.08. The molecule has 1 atom stereocenters. The van der Waals surface area contributed by atoms with Gasteiger partial charge < -0.3 is 9.47 Å². The molecule has 0 radical (unpaired) electrons. The maximum atomic E-state index is 11.5. The van der Waals surface area contributed by atoms with E-state index in [4.69, 9.17) is 21.1 Å².